The number of anilines is 1. The SMILES string of the molecule is CNc1nc(-c2ccc(Cl)s2)nc(-n2cccn2)n1. The summed E-state index contributed by atoms with van der Waals surface area (Å²) in [6.45, 7) is 0. The molecule has 0 aliphatic heterocycles. The van der Waals surface area contributed by atoms with E-state index < -0.39 is 0 Å². The van der Waals surface area contributed by atoms with Crippen molar-refractivity contribution < 1.29 is 0 Å². The molecule has 3 aromatic heterocycles. The maximum Gasteiger partial charge on any atom is 0.255 e. The summed E-state index contributed by atoms with van der Waals surface area (Å²) in [5.74, 6) is 1.52. The Kier molecular flexibility index (Phi) is 3.14. The van der Waals surface area contributed by atoms with Crippen LogP contribution in [-0.4, -0.2) is 31.8 Å². The second kappa shape index (κ2) is 4.94. The van der Waals surface area contributed by atoms with E-state index in [4.69, 9.17) is 11.6 Å². The van der Waals surface area contributed by atoms with Crippen molar-refractivity contribution in [3.05, 3.63) is 34.9 Å². The molecule has 0 aliphatic rings. The van der Waals surface area contributed by atoms with Crippen LogP contribution in [0.1, 0.15) is 0 Å². The van der Waals surface area contributed by atoms with Gasteiger partial charge in [-0.05, 0) is 18.2 Å². The molecule has 0 atom stereocenters. The van der Waals surface area contributed by atoms with E-state index in [9.17, 15) is 0 Å². The molecule has 0 saturated heterocycles. The van der Waals surface area contributed by atoms with Gasteiger partial charge in [-0.2, -0.15) is 20.1 Å². The Bertz CT molecular complexity index is 693. The van der Waals surface area contributed by atoms with Gasteiger partial charge in [-0.1, -0.05) is 11.6 Å². The molecule has 0 fully saturated rings. The fourth-order valence-corrected chi connectivity index (χ4v) is 2.49. The van der Waals surface area contributed by atoms with Crippen LogP contribution in [0, 0.1) is 0 Å². The summed E-state index contributed by atoms with van der Waals surface area (Å²) >= 11 is 7.36. The number of hydrogen-bond donors (Lipinski definition) is 1. The number of hydrogen-bond acceptors (Lipinski definition) is 6. The number of aromatic nitrogens is 5. The quantitative estimate of drug-likeness (QED) is 0.803. The van der Waals surface area contributed by atoms with Gasteiger partial charge < -0.3 is 5.32 Å². The van der Waals surface area contributed by atoms with Crippen LogP contribution < -0.4 is 5.32 Å². The van der Waals surface area contributed by atoms with Crippen LogP contribution in [-0.2, 0) is 0 Å². The summed E-state index contributed by atoms with van der Waals surface area (Å²) in [4.78, 5) is 13.9. The summed E-state index contributed by atoms with van der Waals surface area (Å²) < 4.78 is 2.28. The molecule has 0 radical (unpaired) electrons. The van der Waals surface area contributed by atoms with E-state index in [0.29, 0.717) is 22.1 Å². The molecule has 0 aromatic carbocycles. The van der Waals surface area contributed by atoms with Crippen molar-refractivity contribution >= 4 is 28.9 Å². The zero-order valence-corrected chi connectivity index (χ0v) is 11.5. The highest BCUT2D eigenvalue weighted by Crippen LogP contribution is 2.29. The summed E-state index contributed by atoms with van der Waals surface area (Å²) in [5, 5.41) is 7.03. The van der Waals surface area contributed by atoms with Crippen LogP contribution in [0.25, 0.3) is 16.6 Å². The fraction of sp³-hybridized carbons (Fsp3) is 0.0909. The lowest BCUT2D eigenvalue weighted by Crippen LogP contribution is -2.07. The Labute approximate surface area is 118 Å². The van der Waals surface area contributed by atoms with Crippen molar-refractivity contribution in [1.29, 1.82) is 0 Å². The van der Waals surface area contributed by atoms with Gasteiger partial charge in [0.2, 0.25) is 5.95 Å². The third-order valence-corrected chi connectivity index (χ3v) is 3.58. The van der Waals surface area contributed by atoms with E-state index in [2.05, 4.69) is 25.4 Å². The number of halogens is 1. The van der Waals surface area contributed by atoms with Gasteiger partial charge in [-0.15, -0.1) is 11.3 Å². The number of thiophene rings is 1. The van der Waals surface area contributed by atoms with Crippen molar-refractivity contribution in [2.24, 2.45) is 0 Å². The smallest absolute Gasteiger partial charge is 0.255 e. The highest BCUT2D eigenvalue weighted by atomic mass is 35.5. The first-order chi connectivity index (χ1) is 9.26. The van der Waals surface area contributed by atoms with Gasteiger partial charge in [-0.3, -0.25) is 0 Å². The van der Waals surface area contributed by atoms with Gasteiger partial charge in [0.25, 0.3) is 5.95 Å². The first-order valence-corrected chi connectivity index (χ1v) is 6.65. The minimum atomic E-state index is 0.462. The van der Waals surface area contributed by atoms with E-state index in [1.165, 1.54) is 11.3 Å². The number of rotatable bonds is 3. The monoisotopic (exact) mass is 292 g/mol. The van der Waals surface area contributed by atoms with Crippen LogP contribution in [0.2, 0.25) is 4.34 Å². The molecule has 0 bridgehead atoms. The average Bonchev–Trinajstić information content (AvgIpc) is 3.09. The zero-order valence-electron chi connectivity index (χ0n) is 9.91. The average molecular weight is 293 g/mol. The highest BCUT2D eigenvalue weighted by molar-refractivity contribution is 7.19. The summed E-state index contributed by atoms with van der Waals surface area (Å²) in [7, 11) is 1.76. The van der Waals surface area contributed by atoms with E-state index in [0.717, 1.165) is 4.88 Å². The minimum absolute atomic E-state index is 0.462. The lowest BCUT2D eigenvalue weighted by molar-refractivity contribution is 0.800. The van der Waals surface area contributed by atoms with Crippen molar-refractivity contribution in [2.75, 3.05) is 12.4 Å². The Balaban J connectivity index is 2.12. The molecule has 0 unspecified atom stereocenters. The molecule has 19 heavy (non-hydrogen) atoms. The first kappa shape index (κ1) is 12.1. The van der Waals surface area contributed by atoms with Crippen LogP contribution in [0.15, 0.2) is 30.6 Å². The highest BCUT2D eigenvalue weighted by Gasteiger charge is 2.11. The van der Waals surface area contributed by atoms with Gasteiger partial charge in [-0.25, -0.2) is 4.68 Å². The first-order valence-electron chi connectivity index (χ1n) is 5.46. The molecule has 3 rings (SSSR count). The molecule has 8 heteroatoms. The maximum absolute atomic E-state index is 5.94. The van der Waals surface area contributed by atoms with Gasteiger partial charge in [0.05, 0.1) is 9.21 Å². The standard InChI is InChI=1S/C11H9ClN6S/c1-13-10-15-9(7-3-4-8(12)19-7)16-11(17-10)18-6-2-5-14-18/h2-6H,1H3,(H,13,15,16,17). The predicted molar refractivity (Wildman–Crippen MR) is 74.8 cm³/mol. The molecule has 0 saturated carbocycles. The molecule has 0 amide bonds. The Morgan fingerprint density at radius 2 is 2.16 bits per heavy atom. The van der Waals surface area contributed by atoms with Crippen molar-refractivity contribution in [1.82, 2.24) is 24.7 Å². The van der Waals surface area contributed by atoms with Crippen molar-refractivity contribution in [3.8, 4) is 16.6 Å². The Morgan fingerprint density at radius 1 is 1.26 bits per heavy atom. The minimum Gasteiger partial charge on any atom is -0.357 e. The number of nitrogens with one attached hydrogen (secondary N) is 1. The van der Waals surface area contributed by atoms with E-state index >= 15 is 0 Å². The summed E-state index contributed by atoms with van der Waals surface area (Å²) in [6, 6.07) is 5.51. The molecular weight excluding hydrogens is 284 g/mol. The maximum atomic E-state index is 5.94. The van der Waals surface area contributed by atoms with Crippen LogP contribution in [0.4, 0.5) is 5.95 Å². The zero-order chi connectivity index (χ0) is 13.2. The second-order valence-electron chi connectivity index (χ2n) is 3.59. The molecule has 3 heterocycles. The number of nitrogens with zero attached hydrogens (tertiary/aromatic N) is 5. The second-order valence-corrected chi connectivity index (χ2v) is 5.30. The van der Waals surface area contributed by atoms with E-state index in [-0.39, 0.29) is 0 Å². The molecule has 6 nitrogen and oxygen atoms in total. The topological polar surface area (TPSA) is 68.5 Å². The van der Waals surface area contributed by atoms with E-state index in [1.807, 2.05) is 18.2 Å². The van der Waals surface area contributed by atoms with Crippen LogP contribution in [0.5, 0.6) is 0 Å². The van der Waals surface area contributed by atoms with Gasteiger partial charge >= 0.3 is 0 Å². The summed E-state index contributed by atoms with van der Waals surface area (Å²) in [5.41, 5.74) is 0. The lowest BCUT2D eigenvalue weighted by atomic mass is 10.4. The third kappa shape index (κ3) is 2.42. The van der Waals surface area contributed by atoms with Crippen LogP contribution in [0.3, 0.4) is 0 Å². The molecule has 1 N–H and O–H groups in total. The third-order valence-electron chi connectivity index (χ3n) is 2.35. The van der Waals surface area contributed by atoms with E-state index in [1.54, 1.807) is 24.1 Å². The summed E-state index contributed by atoms with van der Waals surface area (Å²) in [6.07, 6.45) is 3.45. The largest absolute Gasteiger partial charge is 0.357 e. The van der Waals surface area contributed by atoms with Gasteiger partial charge in [0, 0.05) is 19.4 Å². The molecule has 3 aromatic rings. The molecular formula is C11H9ClN6S. The molecule has 96 valence electrons. The fourth-order valence-electron chi connectivity index (χ4n) is 1.51. The molecule has 0 aliphatic carbocycles. The molecule has 0 spiro atoms. The normalized spacial score (nSPS) is 10.6. The van der Waals surface area contributed by atoms with Gasteiger partial charge in [0.1, 0.15) is 0 Å². The Hall–Kier alpha value is -1.99. The van der Waals surface area contributed by atoms with Crippen LogP contribution >= 0.6 is 22.9 Å². The van der Waals surface area contributed by atoms with Gasteiger partial charge in [0.15, 0.2) is 5.82 Å². The van der Waals surface area contributed by atoms with Crippen molar-refractivity contribution in [2.45, 2.75) is 0 Å². The van der Waals surface area contributed by atoms with Crippen molar-refractivity contribution in [3.63, 3.8) is 0 Å². The predicted octanol–water partition coefficient (Wildman–Crippen LogP) is 2.48. The lowest BCUT2D eigenvalue weighted by Gasteiger charge is -2.05. The Morgan fingerprint density at radius 3 is 2.79 bits per heavy atom.